The summed E-state index contributed by atoms with van der Waals surface area (Å²) in [7, 11) is 0. The fourth-order valence-corrected chi connectivity index (χ4v) is 4.75. The lowest BCUT2D eigenvalue weighted by Crippen LogP contribution is -2.22. The zero-order valence-corrected chi connectivity index (χ0v) is 18.5. The first kappa shape index (κ1) is 19.6. The molecule has 1 aliphatic heterocycles. The third-order valence-corrected chi connectivity index (χ3v) is 6.37. The van der Waals surface area contributed by atoms with Gasteiger partial charge in [-0.15, -0.1) is 5.10 Å². The van der Waals surface area contributed by atoms with Crippen LogP contribution in [0.15, 0.2) is 88.6 Å². The molecule has 0 radical (unpaired) electrons. The van der Waals surface area contributed by atoms with Crippen molar-refractivity contribution < 1.29 is 9.15 Å². The van der Waals surface area contributed by atoms with E-state index in [-0.39, 0.29) is 0 Å². The van der Waals surface area contributed by atoms with Gasteiger partial charge in [0.1, 0.15) is 11.9 Å². The van der Waals surface area contributed by atoms with Crippen LogP contribution in [0.2, 0.25) is 0 Å². The Balaban J connectivity index is 1.56. The number of fused-ring (bicyclic) bond motifs is 6. The van der Waals surface area contributed by atoms with Crippen LogP contribution in [0.3, 0.4) is 0 Å². The smallest absolute Gasteiger partial charge is 0.344 e. The van der Waals surface area contributed by atoms with Crippen molar-refractivity contribution in [2.75, 3.05) is 0 Å². The van der Waals surface area contributed by atoms with E-state index in [1.54, 1.807) is 29.3 Å². The predicted octanol–water partition coefficient (Wildman–Crippen LogP) is 4.89. The van der Waals surface area contributed by atoms with E-state index < -0.39 is 11.5 Å². The second kappa shape index (κ2) is 7.33. The van der Waals surface area contributed by atoms with Gasteiger partial charge in [0.2, 0.25) is 5.88 Å². The van der Waals surface area contributed by atoms with Gasteiger partial charge < -0.3 is 9.15 Å². The van der Waals surface area contributed by atoms with Gasteiger partial charge in [-0.1, -0.05) is 42.5 Å². The maximum atomic E-state index is 13.3. The highest BCUT2D eigenvalue weighted by molar-refractivity contribution is 5.86. The summed E-state index contributed by atoms with van der Waals surface area (Å²) >= 11 is 0. The molecule has 7 rings (SSSR count). The summed E-state index contributed by atoms with van der Waals surface area (Å²) in [5, 5.41) is 5.38. The largest absolute Gasteiger partial charge is 0.437 e. The molecule has 0 spiro atoms. The minimum Gasteiger partial charge on any atom is -0.437 e. The standard InChI is InChI=1S/C27H17N5O3/c1-15-7-2-3-9-17(15)24-30-25-22-20(16-8-6-12-28-13-16)21-23(35-26(22)29-14-32(25)31-24)18-10-4-5-11-19(18)34-27(21)33/h2-14,20H,1H3. The fourth-order valence-electron chi connectivity index (χ4n) is 4.75. The Morgan fingerprint density at radius 3 is 2.69 bits per heavy atom. The fraction of sp³-hybridized carbons (Fsp3) is 0.0741. The number of hydrogen-bond acceptors (Lipinski definition) is 7. The Hall–Kier alpha value is -4.85. The van der Waals surface area contributed by atoms with Crippen molar-refractivity contribution in [3.05, 3.63) is 112 Å². The van der Waals surface area contributed by atoms with Crippen LogP contribution in [0, 0.1) is 6.92 Å². The van der Waals surface area contributed by atoms with Crippen molar-refractivity contribution >= 4 is 16.6 Å². The number of nitrogens with zero attached hydrogens (tertiary/aromatic N) is 5. The topological polar surface area (TPSA) is 95.4 Å². The molecule has 0 N–H and O–H groups in total. The lowest BCUT2D eigenvalue weighted by Gasteiger charge is -2.27. The van der Waals surface area contributed by atoms with Crippen molar-refractivity contribution in [2.45, 2.75) is 12.8 Å². The Bertz CT molecular complexity index is 1820. The van der Waals surface area contributed by atoms with Gasteiger partial charge in [-0.25, -0.2) is 19.3 Å². The Labute approximate surface area is 198 Å². The number of para-hydroxylation sites is 1. The molecule has 4 aromatic heterocycles. The van der Waals surface area contributed by atoms with Crippen molar-refractivity contribution in [1.29, 1.82) is 0 Å². The van der Waals surface area contributed by atoms with E-state index in [0.717, 1.165) is 16.7 Å². The first-order valence-electron chi connectivity index (χ1n) is 11.1. The van der Waals surface area contributed by atoms with Crippen LogP contribution in [0.5, 0.6) is 11.6 Å². The highest BCUT2D eigenvalue weighted by Crippen LogP contribution is 2.48. The van der Waals surface area contributed by atoms with Crippen molar-refractivity contribution in [3.8, 4) is 23.0 Å². The third kappa shape index (κ3) is 2.90. The number of benzene rings is 2. The van der Waals surface area contributed by atoms with Crippen molar-refractivity contribution in [2.24, 2.45) is 0 Å². The molecule has 35 heavy (non-hydrogen) atoms. The van der Waals surface area contributed by atoms with E-state index in [1.807, 2.05) is 61.5 Å². The van der Waals surface area contributed by atoms with Gasteiger partial charge in [-0.2, -0.15) is 0 Å². The lowest BCUT2D eigenvalue weighted by atomic mass is 9.85. The zero-order chi connectivity index (χ0) is 23.5. The molecule has 1 atom stereocenters. The number of rotatable bonds is 2. The number of aromatic nitrogens is 5. The van der Waals surface area contributed by atoms with Crippen LogP contribution >= 0.6 is 0 Å². The van der Waals surface area contributed by atoms with Crippen LogP contribution in [-0.2, 0) is 0 Å². The van der Waals surface area contributed by atoms with E-state index in [1.165, 1.54) is 0 Å². The maximum absolute atomic E-state index is 13.3. The van der Waals surface area contributed by atoms with E-state index in [9.17, 15) is 4.79 Å². The molecule has 0 fully saturated rings. The lowest BCUT2D eigenvalue weighted by molar-refractivity contribution is 0.422. The molecule has 5 heterocycles. The number of ether oxygens (including phenoxy) is 1. The number of pyridine rings is 1. The van der Waals surface area contributed by atoms with Gasteiger partial charge in [0.25, 0.3) is 0 Å². The van der Waals surface area contributed by atoms with Gasteiger partial charge in [0, 0.05) is 18.0 Å². The maximum Gasteiger partial charge on any atom is 0.344 e. The summed E-state index contributed by atoms with van der Waals surface area (Å²) in [4.78, 5) is 27.1. The molecular formula is C27H17N5O3. The average Bonchev–Trinajstić information content (AvgIpc) is 3.33. The molecule has 0 aliphatic carbocycles. The van der Waals surface area contributed by atoms with Gasteiger partial charge in [-0.3, -0.25) is 4.98 Å². The average molecular weight is 459 g/mol. The van der Waals surface area contributed by atoms with Gasteiger partial charge >= 0.3 is 5.63 Å². The van der Waals surface area contributed by atoms with Crippen molar-refractivity contribution in [3.63, 3.8) is 0 Å². The van der Waals surface area contributed by atoms with Crippen LogP contribution in [0.25, 0.3) is 28.0 Å². The third-order valence-electron chi connectivity index (χ3n) is 6.37. The first-order chi connectivity index (χ1) is 17.2. The van der Waals surface area contributed by atoms with Crippen molar-refractivity contribution in [1.82, 2.24) is 24.6 Å². The minimum absolute atomic E-state index is 0.373. The van der Waals surface area contributed by atoms with Crippen LogP contribution < -0.4 is 10.4 Å². The first-order valence-corrected chi connectivity index (χ1v) is 11.1. The number of aryl methyl sites for hydroxylation is 1. The Kier molecular flexibility index (Phi) is 4.10. The second-order valence-electron chi connectivity index (χ2n) is 8.43. The SMILES string of the molecule is Cc1ccccc1-c1nc2c3c(ncn2n1)Oc1c(c(=O)oc2ccccc12)C3c1cccnc1. The Morgan fingerprint density at radius 2 is 1.83 bits per heavy atom. The Morgan fingerprint density at radius 1 is 0.971 bits per heavy atom. The summed E-state index contributed by atoms with van der Waals surface area (Å²) in [5.74, 6) is 0.833. The molecule has 0 saturated heterocycles. The molecule has 168 valence electrons. The van der Waals surface area contributed by atoms with E-state index >= 15 is 0 Å². The molecule has 8 nitrogen and oxygen atoms in total. The van der Waals surface area contributed by atoms with Crippen LogP contribution in [-0.4, -0.2) is 24.6 Å². The molecule has 1 aliphatic rings. The molecule has 0 saturated carbocycles. The summed E-state index contributed by atoms with van der Waals surface area (Å²) in [6.07, 6.45) is 5.02. The molecule has 0 bridgehead atoms. The molecule has 2 aromatic carbocycles. The van der Waals surface area contributed by atoms with Gasteiger partial charge in [-0.05, 0) is 36.2 Å². The molecular weight excluding hydrogens is 442 g/mol. The summed E-state index contributed by atoms with van der Waals surface area (Å²) in [6, 6.07) is 19.0. The normalized spacial score (nSPS) is 14.5. The van der Waals surface area contributed by atoms with E-state index in [4.69, 9.17) is 14.1 Å². The number of hydrogen-bond donors (Lipinski definition) is 0. The molecule has 8 heteroatoms. The molecule has 0 amide bonds. The molecule has 1 unspecified atom stereocenters. The minimum atomic E-state index is -0.548. The van der Waals surface area contributed by atoms with Crippen LogP contribution in [0.1, 0.15) is 28.2 Å². The summed E-state index contributed by atoms with van der Waals surface area (Å²) in [6.45, 7) is 2.02. The summed E-state index contributed by atoms with van der Waals surface area (Å²) < 4.78 is 13.6. The monoisotopic (exact) mass is 459 g/mol. The van der Waals surface area contributed by atoms with Gasteiger partial charge in [0.05, 0.1) is 22.4 Å². The highest BCUT2D eigenvalue weighted by atomic mass is 16.5. The van der Waals surface area contributed by atoms with Crippen LogP contribution in [0.4, 0.5) is 0 Å². The van der Waals surface area contributed by atoms with E-state index in [2.05, 4.69) is 15.1 Å². The highest BCUT2D eigenvalue weighted by Gasteiger charge is 2.37. The second-order valence-corrected chi connectivity index (χ2v) is 8.43. The van der Waals surface area contributed by atoms with Gasteiger partial charge in [0.15, 0.2) is 17.2 Å². The summed E-state index contributed by atoms with van der Waals surface area (Å²) in [5.41, 5.74) is 4.35. The zero-order valence-electron chi connectivity index (χ0n) is 18.5. The predicted molar refractivity (Wildman–Crippen MR) is 129 cm³/mol. The quantitative estimate of drug-likeness (QED) is 0.340. The van der Waals surface area contributed by atoms with E-state index in [0.29, 0.717) is 45.2 Å². The molecule has 6 aromatic rings.